The Morgan fingerprint density at radius 1 is 1.29 bits per heavy atom. The molecule has 1 atom stereocenters. The molecule has 1 saturated heterocycles. The molecule has 146 valence electrons. The molecule has 1 aliphatic heterocycles. The fourth-order valence-corrected chi connectivity index (χ4v) is 3.81. The van der Waals surface area contributed by atoms with Crippen LogP contribution in [0.15, 0.2) is 41.0 Å². The van der Waals surface area contributed by atoms with Crippen molar-refractivity contribution in [2.45, 2.75) is 32.9 Å². The molecule has 1 fully saturated rings. The van der Waals surface area contributed by atoms with Crippen LogP contribution in [0.5, 0.6) is 0 Å². The van der Waals surface area contributed by atoms with Crippen LogP contribution in [0.4, 0.5) is 0 Å². The minimum atomic E-state index is -0.119. The summed E-state index contributed by atoms with van der Waals surface area (Å²) in [7, 11) is 0. The lowest BCUT2D eigenvalue weighted by atomic mass is 10.1. The van der Waals surface area contributed by atoms with Gasteiger partial charge in [0.15, 0.2) is 5.65 Å². The maximum absolute atomic E-state index is 13.2. The highest BCUT2D eigenvalue weighted by Gasteiger charge is 2.27. The number of carbonyl (C=O) groups excluding carboxylic acids is 1. The SMILES string of the molecule is Cc1nc2c(cnn2C(C)C)cc1C(=O)N1CCOC(c2ccc(Br)cc2)C1. The Hall–Kier alpha value is -2.25. The van der Waals surface area contributed by atoms with E-state index in [0.29, 0.717) is 25.3 Å². The van der Waals surface area contributed by atoms with E-state index in [-0.39, 0.29) is 18.1 Å². The molecule has 3 aromatic rings. The lowest BCUT2D eigenvalue weighted by molar-refractivity contribution is -0.0228. The maximum atomic E-state index is 13.2. The summed E-state index contributed by atoms with van der Waals surface area (Å²) >= 11 is 3.45. The van der Waals surface area contributed by atoms with Gasteiger partial charge in [-0.3, -0.25) is 4.79 Å². The maximum Gasteiger partial charge on any atom is 0.255 e. The van der Waals surface area contributed by atoms with Gasteiger partial charge in [0, 0.05) is 22.4 Å². The third kappa shape index (κ3) is 3.56. The topological polar surface area (TPSA) is 60.2 Å². The van der Waals surface area contributed by atoms with Gasteiger partial charge >= 0.3 is 0 Å². The predicted molar refractivity (Wildman–Crippen MR) is 111 cm³/mol. The Bertz CT molecular complexity index is 1010. The number of benzene rings is 1. The van der Waals surface area contributed by atoms with Crippen molar-refractivity contribution in [3.05, 3.63) is 57.8 Å². The van der Waals surface area contributed by atoms with Crippen LogP contribution in [0.25, 0.3) is 11.0 Å². The quantitative estimate of drug-likeness (QED) is 0.606. The third-order valence-electron chi connectivity index (χ3n) is 5.07. The zero-order chi connectivity index (χ0) is 19.8. The van der Waals surface area contributed by atoms with Gasteiger partial charge in [0.2, 0.25) is 0 Å². The molecule has 6 nitrogen and oxygen atoms in total. The minimum absolute atomic E-state index is 0.00499. The van der Waals surface area contributed by atoms with Crippen LogP contribution in [0.3, 0.4) is 0 Å². The number of fused-ring (bicyclic) bond motifs is 1. The first-order chi connectivity index (χ1) is 13.4. The van der Waals surface area contributed by atoms with Crippen molar-refractivity contribution < 1.29 is 9.53 Å². The average Bonchev–Trinajstić information content (AvgIpc) is 3.10. The first-order valence-corrected chi connectivity index (χ1v) is 10.2. The molecular weight excluding hydrogens is 420 g/mol. The van der Waals surface area contributed by atoms with Crippen LogP contribution in [-0.2, 0) is 4.74 Å². The summed E-state index contributed by atoms with van der Waals surface area (Å²) in [6.07, 6.45) is 1.66. The van der Waals surface area contributed by atoms with Gasteiger partial charge in [0.05, 0.1) is 30.6 Å². The Morgan fingerprint density at radius 3 is 2.75 bits per heavy atom. The number of ether oxygens (including phenoxy) is 1. The van der Waals surface area contributed by atoms with Crippen molar-refractivity contribution in [2.75, 3.05) is 19.7 Å². The molecule has 0 saturated carbocycles. The van der Waals surface area contributed by atoms with Gasteiger partial charge in [-0.1, -0.05) is 28.1 Å². The van der Waals surface area contributed by atoms with E-state index < -0.39 is 0 Å². The van der Waals surface area contributed by atoms with Crippen molar-refractivity contribution in [2.24, 2.45) is 0 Å². The molecule has 28 heavy (non-hydrogen) atoms. The largest absolute Gasteiger partial charge is 0.370 e. The number of amides is 1. The minimum Gasteiger partial charge on any atom is -0.370 e. The van der Waals surface area contributed by atoms with Crippen LogP contribution < -0.4 is 0 Å². The first kappa shape index (κ1) is 19.1. The van der Waals surface area contributed by atoms with Crippen LogP contribution in [0.1, 0.15) is 47.6 Å². The van der Waals surface area contributed by atoms with Crippen LogP contribution in [0.2, 0.25) is 0 Å². The molecule has 0 spiro atoms. The smallest absolute Gasteiger partial charge is 0.255 e. The van der Waals surface area contributed by atoms with E-state index in [2.05, 4.69) is 39.9 Å². The molecule has 0 radical (unpaired) electrons. The summed E-state index contributed by atoms with van der Waals surface area (Å²) < 4.78 is 8.82. The highest BCUT2D eigenvalue weighted by atomic mass is 79.9. The number of hydrogen-bond donors (Lipinski definition) is 0. The zero-order valence-electron chi connectivity index (χ0n) is 16.2. The molecule has 3 heterocycles. The van der Waals surface area contributed by atoms with Crippen LogP contribution in [0, 0.1) is 6.92 Å². The zero-order valence-corrected chi connectivity index (χ0v) is 17.8. The van der Waals surface area contributed by atoms with Crippen molar-refractivity contribution in [3.8, 4) is 0 Å². The fourth-order valence-electron chi connectivity index (χ4n) is 3.54. The molecule has 1 amide bonds. The van der Waals surface area contributed by atoms with Gasteiger partial charge in [-0.05, 0) is 44.5 Å². The molecule has 0 N–H and O–H groups in total. The average molecular weight is 443 g/mol. The molecular formula is C21H23BrN4O2. The molecule has 1 aliphatic rings. The standard InChI is InChI=1S/C21H23BrN4O2/c1-13(2)26-20-16(11-23-26)10-18(14(3)24-20)21(27)25-8-9-28-19(12-25)15-4-6-17(22)7-5-15/h4-7,10-11,13,19H,8-9,12H2,1-3H3. The Kier molecular flexibility index (Phi) is 5.21. The second kappa shape index (κ2) is 7.64. The number of rotatable bonds is 3. The lowest BCUT2D eigenvalue weighted by Gasteiger charge is -2.33. The Morgan fingerprint density at radius 2 is 2.04 bits per heavy atom. The Labute approximate surface area is 172 Å². The van der Waals surface area contributed by atoms with Gasteiger partial charge in [0.25, 0.3) is 5.91 Å². The van der Waals surface area contributed by atoms with E-state index in [1.807, 2.05) is 46.8 Å². The summed E-state index contributed by atoms with van der Waals surface area (Å²) in [4.78, 5) is 19.8. The monoisotopic (exact) mass is 442 g/mol. The number of aryl methyl sites for hydroxylation is 1. The molecule has 0 aliphatic carbocycles. The number of carbonyl (C=O) groups is 1. The van der Waals surface area contributed by atoms with Crippen molar-refractivity contribution in [3.63, 3.8) is 0 Å². The number of nitrogens with zero attached hydrogens (tertiary/aromatic N) is 4. The van der Waals surface area contributed by atoms with Gasteiger partial charge in [-0.15, -0.1) is 0 Å². The second-order valence-electron chi connectivity index (χ2n) is 7.38. The fraction of sp³-hybridized carbons (Fsp3) is 0.381. The molecule has 4 rings (SSSR count). The number of morpholine rings is 1. The van der Waals surface area contributed by atoms with Crippen molar-refractivity contribution in [1.82, 2.24) is 19.7 Å². The molecule has 2 aromatic heterocycles. The third-order valence-corrected chi connectivity index (χ3v) is 5.60. The van der Waals surface area contributed by atoms with Crippen LogP contribution in [-0.4, -0.2) is 45.3 Å². The highest BCUT2D eigenvalue weighted by molar-refractivity contribution is 9.10. The van der Waals surface area contributed by atoms with Gasteiger partial charge in [-0.2, -0.15) is 5.10 Å². The van der Waals surface area contributed by atoms with Gasteiger partial charge in [-0.25, -0.2) is 9.67 Å². The normalized spacial score (nSPS) is 17.5. The summed E-state index contributed by atoms with van der Waals surface area (Å²) in [6.45, 7) is 7.65. The number of pyridine rings is 1. The summed E-state index contributed by atoms with van der Waals surface area (Å²) in [6, 6.07) is 10.2. The highest BCUT2D eigenvalue weighted by Crippen LogP contribution is 2.26. The van der Waals surface area contributed by atoms with Gasteiger partial charge in [0.1, 0.15) is 6.10 Å². The van der Waals surface area contributed by atoms with E-state index in [1.54, 1.807) is 6.20 Å². The van der Waals surface area contributed by atoms with E-state index in [9.17, 15) is 4.79 Å². The van der Waals surface area contributed by atoms with Crippen LogP contribution >= 0.6 is 15.9 Å². The molecule has 0 bridgehead atoms. The molecule has 1 aromatic carbocycles. The first-order valence-electron chi connectivity index (χ1n) is 9.45. The van der Waals surface area contributed by atoms with Crippen molar-refractivity contribution in [1.29, 1.82) is 0 Å². The summed E-state index contributed by atoms with van der Waals surface area (Å²) in [5.74, 6) is -0.00499. The van der Waals surface area contributed by atoms with Gasteiger partial charge < -0.3 is 9.64 Å². The molecule has 7 heteroatoms. The summed E-state index contributed by atoms with van der Waals surface area (Å²) in [5, 5.41) is 5.30. The Balaban J connectivity index is 1.60. The summed E-state index contributed by atoms with van der Waals surface area (Å²) in [5.41, 5.74) is 3.25. The number of aromatic nitrogens is 3. The van der Waals surface area contributed by atoms with E-state index in [4.69, 9.17) is 4.74 Å². The second-order valence-corrected chi connectivity index (χ2v) is 8.29. The van der Waals surface area contributed by atoms with E-state index >= 15 is 0 Å². The number of hydrogen-bond acceptors (Lipinski definition) is 4. The lowest BCUT2D eigenvalue weighted by Crippen LogP contribution is -2.42. The number of halogens is 1. The molecule has 1 unspecified atom stereocenters. The predicted octanol–water partition coefficient (Wildman–Crippen LogP) is 4.30. The van der Waals surface area contributed by atoms with E-state index in [1.165, 1.54) is 0 Å². The van der Waals surface area contributed by atoms with E-state index in [0.717, 1.165) is 26.8 Å². The van der Waals surface area contributed by atoms with Crippen molar-refractivity contribution >= 4 is 32.9 Å².